The molecule has 1 aliphatic heterocycles. The number of carboxylic acids is 1. The minimum atomic E-state index is -0.922. The van der Waals surface area contributed by atoms with Crippen LogP contribution < -0.4 is 5.32 Å². The van der Waals surface area contributed by atoms with E-state index in [1.165, 1.54) is 12.8 Å². The molecular formula is C14H22N2O4. The molecule has 1 saturated heterocycles. The van der Waals surface area contributed by atoms with Crippen LogP contribution in [0.25, 0.3) is 0 Å². The summed E-state index contributed by atoms with van der Waals surface area (Å²) in [5, 5.41) is 10.9. The number of fused-ring (bicyclic) bond motifs is 1. The summed E-state index contributed by atoms with van der Waals surface area (Å²) in [6.45, 7) is 0.726. The van der Waals surface area contributed by atoms with Crippen molar-refractivity contribution in [3.8, 4) is 0 Å². The monoisotopic (exact) mass is 282 g/mol. The number of hydrogen-bond acceptors (Lipinski definition) is 3. The molecule has 0 bridgehead atoms. The predicted molar refractivity (Wildman–Crippen MR) is 72.1 cm³/mol. The van der Waals surface area contributed by atoms with E-state index in [1.807, 2.05) is 0 Å². The van der Waals surface area contributed by atoms with Crippen LogP contribution in [-0.2, 0) is 9.59 Å². The number of nitrogens with one attached hydrogen (secondary N) is 1. The molecule has 1 saturated carbocycles. The lowest BCUT2D eigenvalue weighted by molar-refractivity contribution is -0.137. The molecule has 1 heterocycles. The minimum Gasteiger partial charge on any atom is -0.481 e. The van der Waals surface area contributed by atoms with E-state index in [1.54, 1.807) is 4.90 Å². The molecule has 2 N–H and O–H groups in total. The lowest BCUT2D eigenvalue weighted by atomic mass is 9.85. The van der Waals surface area contributed by atoms with E-state index in [4.69, 9.17) is 5.11 Å². The van der Waals surface area contributed by atoms with Gasteiger partial charge in [-0.25, -0.2) is 4.79 Å². The van der Waals surface area contributed by atoms with Crippen LogP contribution >= 0.6 is 0 Å². The summed E-state index contributed by atoms with van der Waals surface area (Å²) >= 11 is 0. The fraction of sp³-hybridized carbons (Fsp3) is 0.786. The molecule has 112 valence electrons. The van der Waals surface area contributed by atoms with Gasteiger partial charge in [-0.3, -0.25) is 14.9 Å². The van der Waals surface area contributed by atoms with Crippen molar-refractivity contribution in [3.05, 3.63) is 0 Å². The largest absolute Gasteiger partial charge is 0.481 e. The van der Waals surface area contributed by atoms with Crippen LogP contribution in [0.15, 0.2) is 0 Å². The van der Waals surface area contributed by atoms with E-state index in [0.717, 1.165) is 25.8 Å². The Morgan fingerprint density at radius 3 is 2.60 bits per heavy atom. The second-order valence-corrected chi connectivity index (χ2v) is 5.69. The molecule has 2 aliphatic rings. The Kier molecular flexibility index (Phi) is 4.98. The quantitative estimate of drug-likeness (QED) is 0.822. The SMILES string of the molecule is O=C(O)CCCC(=O)NC(=O)N1CCC2CCCCC21. The van der Waals surface area contributed by atoms with Crippen molar-refractivity contribution in [1.29, 1.82) is 0 Å². The molecule has 0 aromatic carbocycles. The van der Waals surface area contributed by atoms with E-state index in [9.17, 15) is 14.4 Å². The number of imide groups is 1. The van der Waals surface area contributed by atoms with Gasteiger partial charge in [-0.05, 0) is 31.6 Å². The highest BCUT2D eigenvalue weighted by Gasteiger charge is 2.38. The zero-order chi connectivity index (χ0) is 14.5. The first-order valence-corrected chi connectivity index (χ1v) is 7.40. The van der Waals surface area contributed by atoms with Crippen LogP contribution in [0, 0.1) is 5.92 Å². The van der Waals surface area contributed by atoms with E-state index >= 15 is 0 Å². The molecule has 0 aromatic heterocycles. The van der Waals surface area contributed by atoms with Crippen LogP contribution in [0.3, 0.4) is 0 Å². The second-order valence-electron chi connectivity index (χ2n) is 5.69. The van der Waals surface area contributed by atoms with Gasteiger partial charge in [0.2, 0.25) is 5.91 Å². The lowest BCUT2D eigenvalue weighted by Crippen LogP contribution is -2.46. The molecule has 2 rings (SSSR count). The molecule has 3 amide bonds. The van der Waals surface area contributed by atoms with Gasteiger partial charge in [-0.1, -0.05) is 12.8 Å². The number of carboxylic acid groups (broad SMARTS) is 1. The van der Waals surface area contributed by atoms with Crippen molar-refractivity contribution in [2.24, 2.45) is 5.92 Å². The average molecular weight is 282 g/mol. The highest BCUT2D eigenvalue weighted by Crippen LogP contribution is 2.35. The molecule has 0 spiro atoms. The molecule has 6 nitrogen and oxygen atoms in total. The van der Waals surface area contributed by atoms with Gasteiger partial charge in [0.15, 0.2) is 0 Å². The Bertz CT molecular complexity index is 397. The van der Waals surface area contributed by atoms with E-state index < -0.39 is 5.97 Å². The minimum absolute atomic E-state index is 0.0456. The number of aliphatic carboxylic acids is 1. The van der Waals surface area contributed by atoms with Crippen molar-refractivity contribution in [2.75, 3.05) is 6.54 Å². The highest BCUT2D eigenvalue weighted by molar-refractivity contribution is 5.94. The number of amides is 3. The third-order valence-electron chi connectivity index (χ3n) is 4.31. The number of hydrogen-bond donors (Lipinski definition) is 2. The first-order valence-electron chi connectivity index (χ1n) is 7.40. The van der Waals surface area contributed by atoms with Gasteiger partial charge in [-0.2, -0.15) is 0 Å². The molecule has 2 fully saturated rings. The highest BCUT2D eigenvalue weighted by atomic mass is 16.4. The van der Waals surface area contributed by atoms with Gasteiger partial charge < -0.3 is 10.0 Å². The van der Waals surface area contributed by atoms with E-state index in [2.05, 4.69) is 5.32 Å². The van der Waals surface area contributed by atoms with Crippen molar-refractivity contribution in [1.82, 2.24) is 10.2 Å². The Labute approximate surface area is 118 Å². The van der Waals surface area contributed by atoms with Crippen LogP contribution in [0.5, 0.6) is 0 Å². The molecular weight excluding hydrogens is 260 g/mol. The summed E-state index contributed by atoms with van der Waals surface area (Å²) in [7, 11) is 0. The van der Waals surface area contributed by atoms with Crippen molar-refractivity contribution >= 4 is 17.9 Å². The summed E-state index contributed by atoms with van der Waals surface area (Å²) in [4.78, 5) is 35.8. The number of rotatable bonds is 4. The molecule has 2 unspecified atom stereocenters. The maximum absolute atomic E-state index is 12.1. The first kappa shape index (κ1) is 14.8. The van der Waals surface area contributed by atoms with Crippen LogP contribution in [0.4, 0.5) is 4.79 Å². The molecule has 0 radical (unpaired) electrons. The Balaban J connectivity index is 1.76. The number of carbonyl (C=O) groups excluding carboxylic acids is 2. The van der Waals surface area contributed by atoms with Crippen LogP contribution in [0.2, 0.25) is 0 Å². The fourth-order valence-electron chi connectivity index (χ4n) is 3.31. The number of urea groups is 1. The Morgan fingerprint density at radius 1 is 1.10 bits per heavy atom. The van der Waals surface area contributed by atoms with Gasteiger partial charge in [-0.15, -0.1) is 0 Å². The van der Waals surface area contributed by atoms with Crippen molar-refractivity contribution in [2.45, 2.75) is 57.4 Å². The molecule has 1 aliphatic carbocycles. The summed E-state index contributed by atoms with van der Waals surface area (Å²) in [5.41, 5.74) is 0. The zero-order valence-corrected chi connectivity index (χ0v) is 11.6. The average Bonchev–Trinajstić information content (AvgIpc) is 2.82. The number of carbonyl (C=O) groups is 3. The summed E-state index contributed by atoms with van der Waals surface area (Å²) in [5.74, 6) is -0.708. The zero-order valence-electron chi connectivity index (χ0n) is 11.6. The lowest BCUT2D eigenvalue weighted by Gasteiger charge is -2.31. The third-order valence-corrected chi connectivity index (χ3v) is 4.31. The Morgan fingerprint density at radius 2 is 1.85 bits per heavy atom. The van der Waals surface area contributed by atoms with Gasteiger partial charge in [0, 0.05) is 25.4 Å². The van der Waals surface area contributed by atoms with Gasteiger partial charge in [0.05, 0.1) is 0 Å². The normalized spacial score (nSPS) is 25.1. The Hall–Kier alpha value is -1.59. The van der Waals surface area contributed by atoms with Crippen LogP contribution in [0.1, 0.15) is 51.4 Å². The standard InChI is InChI=1S/C14H22N2O4/c17-12(6-3-7-13(18)19)15-14(20)16-9-8-10-4-1-2-5-11(10)16/h10-11H,1-9H2,(H,18,19)(H,15,17,20). The summed E-state index contributed by atoms with van der Waals surface area (Å²) in [6, 6.07) is -0.0182. The summed E-state index contributed by atoms with van der Waals surface area (Å²) < 4.78 is 0. The molecule has 20 heavy (non-hydrogen) atoms. The van der Waals surface area contributed by atoms with Gasteiger partial charge in [0.1, 0.15) is 0 Å². The number of likely N-dealkylation sites (tertiary alicyclic amines) is 1. The second kappa shape index (κ2) is 6.72. The van der Waals surface area contributed by atoms with Gasteiger partial charge >= 0.3 is 12.0 Å². The maximum Gasteiger partial charge on any atom is 0.324 e. The van der Waals surface area contributed by atoms with Gasteiger partial charge in [0.25, 0.3) is 0 Å². The maximum atomic E-state index is 12.1. The molecule has 6 heteroatoms. The fourth-order valence-corrected chi connectivity index (χ4v) is 3.31. The number of nitrogens with zero attached hydrogens (tertiary/aromatic N) is 1. The molecule has 2 atom stereocenters. The van der Waals surface area contributed by atoms with Crippen LogP contribution in [-0.4, -0.2) is 40.5 Å². The van der Waals surface area contributed by atoms with E-state index in [-0.39, 0.29) is 37.2 Å². The summed E-state index contributed by atoms with van der Waals surface area (Å²) in [6.07, 6.45) is 5.94. The third kappa shape index (κ3) is 3.71. The van der Waals surface area contributed by atoms with Crippen molar-refractivity contribution in [3.63, 3.8) is 0 Å². The molecule has 0 aromatic rings. The van der Waals surface area contributed by atoms with E-state index in [0.29, 0.717) is 5.92 Å². The smallest absolute Gasteiger partial charge is 0.324 e. The predicted octanol–water partition coefficient (Wildman–Crippen LogP) is 1.74. The first-order chi connectivity index (χ1) is 9.58. The topological polar surface area (TPSA) is 86.7 Å². The van der Waals surface area contributed by atoms with Crippen molar-refractivity contribution < 1.29 is 19.5 Å².